The number of hydrogen-bond acceptors (Lipinski definition) is 5. The zero-order valence-electron chi connectivity index (χ0n) is 15.5. The third-order valence-corrected chi connectivity index (χ3v) is 4.48. The molecule has 0 fully saturated rings. The van der Waals surface area contributed by atoms with E-state index in [-0.39, 0.29) is 11.9 Å². The highest BCUT2D eigenvalue weighted by atomic mass is 19.1. The van der Waals surface area contributed by atoms with E-state index in [1.54, 1.807) is 12.1 Å². The smallest absolute Gasteiger partial charge is 0.172 e. The molecular formula is C20H25FN6. The molecule has 0 bridgehead atoms. The van der Waals surface area contributed by atoms with Crippen molar-refractivity contribution in [2.75, 3.05) is 0 Å². The van der Waals surface area contributed by atoms with Crippen LogP contribution in [0, 0.1) is 5.82 Å². The minimum atomic E-state index is -0.265. The number of aryl methyl sites for hydroxylation is 1. The molecule has 1 aromatic heterocycles. The summed E-state index contributed by atoms with van der Waals surface area (Å²) in [5, 5.41) is 15.7. The van der Waals surface area contributed by atoms with Crippen molar-refractivity contribution in [2.24, 2.45) is 5.73 Å². The predicted molar refractivity (Wildman–Crippen MR) is 102 cm³/mol. The zero-order chi connectivity index (χ0) is 19.1. The number of rotatable bonds is 9. The van der Waals surface area contributed by atoms with Crippen LogP contribution in [-0.2, 0) is 19.6 Å². The molecule has 142 valence electrons. The van der Waals surface area contributed by atoms with Gasteiger partial charge in [-0.3, -0.25) is 5.32 Å². The lowest BCUT2D eigenvalue weighted by atomic mass is 10.0. The molecule has 0 radical (unpaired) electrons. The summed E-state index contributed by atoms with van der Waals surface area (Å²) in [5.74, 6) is 0.462. The molecule has 27 heavy (non-hydrogen) atoms. The molecule has 0 saturated heterocycles. The average molecular weight is 368 g/mol. The van der Waals surface area contributed by atoms with Crippen LogP contribution < -0.4 is 11.1 Å². The minimum absolute atomic E-state index is 0.237. The zero-order valence-corrected chi connectivity index (χ0v) is 15.5. The van der Waals surface area contributed by atoms with Crippen molar-refractivity contribution < 1.29 is 4.39 Å². The molecule has 3 aromatic rings. The number of nitrogens with zero attached hydrogens (tertiary/aromatic N) is 4. The van der Waals surface area contributed by atoms with Gasteiger partial charge in [0.15, 0.2) is 5.82 Å². The van der Waals surface area contributed by atoms with Crippen molar-refractivity contribution in [1.82, 2.24) is 25.5 Å². The Bertz CT molecular complexity index is 846. The summed E-state index contributed by atoms with van der Waals surface area (Å²) in [6.45, 7) is 4.01. The van der Waals surface area contributed by atoms with Gasteiger partial charge in [-0.05, 0) is 45.7 Å². The number of aromatic nitrogens is 4. The molecule has 0 aliphatic carbocycles. The first kappa shape index (κ1) is 19.1. The molecule has 1 atom stereocenters. The third kappa shape index (κ3) is 4.96. The Balaban J connectivity index is 1.86. The van der Waals surface area contributed by atoms with Gasteiger partial charge < -0.3 is 5.73 Å². The highest BCUT2D eigenvalue weighted by molar-refractivity contribution is 5.27. The van der Waals surface area contributed by atoms with E-state index < -0.39 is 0 Å². The molecule has 2 aromatic carbocycles. The minimum Gasteiger partial charge on any atom is -0.326 e. The summed E-state index contributed by atoms with van der Waals surface area (Å²) in [6, 6.07) is 14.3. The fourth-order valence-corrected chi connectivity index (χ4v) is 2.99. The van der Waals surface area contributed by atoms with Crippen molar-refractivity contribution in [3.63, 3.8) is 0 Å². The summed E-state index contributed by atoms with van der Waals surface area (Å²) < 4.78 is 15.2. The van der Waals surface area contributed by atoms with Gasteiger partial charge in [-0.15, -0.1) is 5.10 Å². The molecule has 0 saturated carbocycles. The van der Waals surface area contributed by atoms with Crippen molar-refractivity contribution in [3.8, 4) is 0 Å². The summed E-state index contributed by atoms with van der Waals surface area (Å²) in [4.78, 5) is 0. The molecule has 0 spiro atoms. The maximum atomic E-state index is 13.4. The van der Waals surface area contributed by atoms with Gasteiger partial charge in [0.05, 0.1) is 6.04 Å². The highest BCUT2D eigenvalue weighted by Gasteiger charge is 2.21. The van der Waals surface area contributed by atoms with Gasteiger partial charge in [0.2, 0.25) is 0 Å². The summed E-state index contributed by atoms with van der Waals surface area (Å²) >= 11 is 0. The van der Waals surface area contributed by atoms with Crippen LogP contribution in [0.15, 0.2) is 48.5 Å². The number of nitrogens with two attached hydrogens (primary N) is 1. The van der Waals surface area contributed by atoms with E-state index in [9.17, 15) is 4.39 Å². The molecule has 3 N–H and O–H groups in total. The Labute approximate surface area is 158 Å². The normalized spacial score (nSPS) is 12.3. The van der Waals surface area contributed by atoms with Gasteiger partial charge in [-0.25, -0.2) is 9.07 Å². The van der Waals surface area contributed by atoms with Crippen LogP contribution in [0.3, 0.4) is 0 Å². The van der Waals surface area contributed by atoms with Crippen LogP contribution >= 0.6 is 0 Å². The van der Waals surface area contributed by atoms with Gasteiger partial charge in [0, 0.05) is 19.6 Å². The quantitative estimate of drug-likeness (QED) is 0.607. The van der Waals surface area contributed by atoms with Crippen molar-refractivity contribution in [1.29, 1.82) is 0 Å². The van der Waals surface area contributed by atoms with Crippen molar-refractivity contribution in [3.05, 3.63) is 76.9 Å². The topological polar surface area (TPSA) is 81.7 Å². The molecule has 3 rings (SSSR count). The number of nitrogens with one attached hydrogen (secondary N) is 1. The molecule has 1 unspecified atom stereocenters. The SMILES string of the molecule is CCCCn1nnnc1C(NCc1cccc(CN)c1)c1ccc(F)cc1. The molecule has 0 aliphatic heterocycles. The molecule has 0 amide bonds. The van der Waals surface area contributed by atoms with E-state index >= 15 is 0 Å². The predicted octanol–water partition coefficient (Wildman–Crippen LogP) is 2.95. The first-order valence-corrected chi connectivity index (χ1v) is 9.24. The van der Waals surface area contributed by atoms with Crippen LogP contribution in [0.5, 0.6) is 0 Å². The Kier molecular flexibility index (Phi) is 6.62. The standard InChI is InChI=1S/C20H25FN6/c1-2-3-11-27-20(24-25-26-27)19(17-7-9-18(21)10-8-17)23-14-16-6-4-5-15(12-16)13-22/h4-10,12,19,23H,2-3,11,13-14,22H2,1H3. The summed E-state index contributed by atoms with van der Waals surface area (Å²) in [7, 11) is 0. The second-order valence-corrected chi connectivity index (χ2v) is 6.50. The van der Waals surface area contributed by atoms with E-state index in [4.69, 9.17) is 5.73 Å². The largest absolute Gasteiger partial charge is 0.326 e. The van der Waals surface area contributed by atoms with Crippen LogP contribution in [0.4, 0.5) is 4.39 Å². The van der Waals surface area contributed by atoms with Crippen molar-refractivity contribution >= 4 is 0 Å². The first-order chi connectivity index (χ1) is 13.2. The second kappa shape index (κ2) is 9.34. The molecule has 0 aliphatic rings. The molecule has 7 heteroatoms. The van der Waals surface area contributed by atoms with Crippen LogP contribution in [0.2, 0.25) is 0 Å². The van der Waals surface area contributed by atoms with Gasteiger partial charge >= 0.3 is 0 Å². The Hall–Kier alpha value is -2.64. The van der Waals surface area contributed by atoms with Crippen LogP contribution in [-0.4, -0.2) is 20.2 Å². The lowest BCUT2D eigenvalue weighted by Gasteiger charge is -2.19. The van der Waals surface area contributed by atoms with E-state index in [0.717, 1.165) is 41.9 Å². The Morgan fingerprint density at radius 2 is 1.93 bits per heavy atom. The number of tetrazole rings is 1. The molecular weight excluding hydrogens is 343 g/mol. The number of unbranched alkanes of at least 4 members (excludes halogenated alkanes) is 1. The molecule has 6 nitrogen and oxygen atoms in total. The van der Waals surface area contributed by atoms with E-state index in [1.807, 2.05) is 22.9 Å². The van der Waals surface area contributed by atoms with Crippen LogP contribution in [0.1, 0.15) is 48.3 Å². The van der Waals surface area contributed by atoms with Gasteiger partial charge in [-0.2, -0.15) is 0 Å². The highest BCUT2D eigenvalue weighted by Crippen LogP contribution is 2.21. The van der Waals surface area contributed by atoms with Gasteiger partial charge in [0.25, 0.3) is 0 Å². The van der Waals surface area contributed by atoms with Crippen LogP contribution in [0.25, 0.3) is 0 Å². The monoisotopic (exact) mass is 368 g/mol. The summed E-state index contributed by atoms with van der Waals surface area (Å²) in [5.41, 5.74) is 8.86. The van der Waals surface area contributed by atoms with Gasteiger partial charge in [-0.1, -0.05) is 49.7 Å². The fraction of sp³-hybridized carbons (Fsp3) is 0.350. The van der Waals surface area contributed by atoms with E-state index in [1.165, 1.54) is 12.1 Å². The molecule has 1 heterocycles. The lowest BCUT2D eigenvalue weighted by molar-refractivity contribution is 0.487. The summed E-state index contributed by atoms with van der Waals surface area (Å²) in [6.07, 6.45) is 2.05. The Morgan fingerprint density at radius 1 is 1.15 bits per heavy atom. The Morgan fingerprint density at radius 3 is 2.67 bits per heavy atom. The third-order valence-electron chi connectivity index (χ3n) is 4.48. The van der Waals surface area contributed by atoms with Gasteiger partial charge in [0.1, 0.15) is 5.82 Å². The van der Waals surface area contributed by atoms with Crippen molar-refractivity contribution in [2.45, 2.75) is 45.4 Å². The second-order valence-electron chi connectivity index (χ2n) is 6.50. The maximum Gasteiger partial charge on any atom is 0.172 e. The number of hydrogen-bond donors (Lipinski definition) is 2. The maximum absolute atomic E-state index is 13.4. The first-order valence-electron chi connectivity index (χ1n) is 9.24. The fourth-order valence-electron chi connectivity index (χ4n) is 2.99. The van der Waals surface area contributed by atoms with E-state index in [2.05, 4.69) is 33.8 Å². The average Bonchev–Trinajstić information content (AvgIpc) is 3.16. The lowest BCUT2D eigenvalue weighted by Crippen LogP contribution is -2.26. The number of halogens is 1. The van der Waals surface area contributed by atoms with E-state index in [0.29, 0.717) is 13.1 Å². The number of benzene rings is 2.